The van der Waals surface area contributed by atoms with Crippen LogP contribution in [0.5, 0.6) is 5.75 Å². The molecule has 0 saturated carbocycles. The number of nitrogens with two attached hydrogens (primary N) is 1. The minimum atomic E-state index is -4.75. The minimum absolute atomic E-state index is 0.149. The first-order valence-electron chi connectivity index (χ1n) is 7.51. The second-order valence-electron chi connectivity index (χ2n) is 5.59. The Morgan fingerprint density at radius 3 is 2.50 bits per heavy atom. The molecule has 0 aliphatic rings. The molecule has 0 spiro atoms. The van der Waals surface area contributed by atoms with Gasteiger partial charge in [0, 0.05) is 29.8 Å². The summed E-state index contributed by atoms with van der Waals surface area (Å²) in [6.45, 7) is 0. The zero-order valence-corrected chi connectivity index (χ0v) is 13.6. The molecule has 3 aromatic rings. The minimum Gasteiger partial charge on any atom is -0.406 e. The van der Waals surface area contributed by atoms with E-state index >= 15 is 0 Å². The largest absolute Gasteiger partial charge is 0.573 e. The maximum atomic E-state index is 12.2. The smallest absolute Gasteiger partial charge is 0.406 e. The molecule has 0 unspecified atom stereocenters. The van der Waals surface area contributed by atoms with Gasteiger partial charge < -0.3 is 15.0 Å². The summed E-state index contributed by atoms with van der Waals surface area (Å²) >= 11 is 0. The van der Waals surface area contributed by atoms with Crippen molar-refractivity contribution in [3.05, 3.63) is 59.8 Å². The third-order valence-corrected chi connectivity index (χ3v) is 3.75. The van der Waals surface area contributed by atoms with Gasteiger partial charge in [-0.05, 0) is 36.4 Å². The average molecular weight is 361 g/mol. The fourth-order valence-corrected chi connectivity index (χ4v) is 2.56. The van der Waals surface area contributed by atoms with Crippen LogP contribution in [0.1, 0.15) is 15.9 Å². The number of aryl methyl sites for hydroxylation is 1. The Bertz CT molecular complexity index is 989. The highest BCUT2D eigenvalue weighted by Gasteiger charge is 2.30. The van der Waals surface area contributed by atoms with Crippen LogP contribution in [0.2, 0.25) is 0 Å². The highest BCUT2D eigenvalue weighted by molar-refractivity contribution is 6.03. The number of alkyl halides is 3. The third kappa shape index (κ3) is 3.69. The molecule has 2 aromatic carbocycles. The van der Waals surface area contributed by atoms with E-state index in [9.17, 15) is 18.0 Å². The van der Waals surface area contributed by atoms with Crippen LogP contribution in [0.15, 0.2) is 53.7 Å². The number of halogens is 3. The molecule has 0 fully saturated rings. The van der Waals surface area contributed by atoms with Crippen molar-refractivity contribution in [3.63, 3.8) is 0 Å². The molecule has 1 heterocycles. The van der Waals surface area contributed by atoms with Gasteiger partial charge in [-0.25, -0.2) is 4.99 Å². The van der Waals surface area contributed by atoms with Gasteiger partial charge in [-0.3, -0.25) is 4.79 Å². The molecule has 0 bridgehead atoms. The predicted octanol–water partition coefficient (Wildman–Crippen LogP) is 3.93. The molecule has 0 saturated heterocycles. The number of aldehydes is 1. The zero-order chi connectivity index (χ0) is 18.9. The van der Waals surface area contributed by atoms with Crippen LogP contribution in [0.3, 0.4) is 0 Å². The number of carbonyl (C=O) groups is 1. The molecule has 0 aliphatic heterocycles. The van der Waals surface area contributed by atoms with E-state index in [2.05, 4.69) is 9.73 Å². The Labute approximate surface area is 146 Å². The Balaban J connectivity index is 1.92. The van der Waals surface area contributed by atoms with Gasteiger partial charge in [0.15, 0.2) is 0 Å². The molecular formula is C18H14F3N3O2. The highest BCUT2D eigenvalue weighted by atomic mass is 19.4. The van der Waals surface area contributed by atoms with E-state index in [0.717, 1.165) is 17.2 Å². The number of aromatic nitrogens is 1. The van der Waals surface area contributed by atoms with Gasteiger partial charge in [-0.15, -0.1) is 13.2 Å². The maximum Gasteiger partial charge on any atom is 0.573 e. The highest BCUT2D eigenvalue weighted by Crippen LogP contribution is 2.29. The quantitative estimate of drug-likeness (QED) is 0.435. The molecule has 0 radical (unpaired) electrons. The SMILES string of the molecule is Cn1cc(N=C(N)c2ccc(OC(F)(F)F)cc2)c2ccc(C=O)cc21. The van der Waals surface area contributed by atoms with Gasteiger partial charge in [0.2, 0.25) is 0 Å². The number of amidine groups is 1. The molecule has 0 amide bonds. The molecule has 0 aliphatic carbocycles. The number of carbonyl (C=O) groups excluding carboxylic acids is 1. The van der Waals surface area contributed by atoms with E-state index in [-0.39, 0.29) is 11.6 Å². The number of ether oxygens (including phenoxy) is 1. The van der Waals surface area contributed by atoms with Crippen molar-refractivity contribution in [1.29, 1.82) is 0 Å². The first kappa shape index (κ1) is 17.5. The van der Waals surface area contributed by atoms with Crippen LogP contribution in [-0.4, -0.2) is 23.1 Å². The predicted molar refractivity (Wildman–Crippen MR) is 91.8 cm³/mol. The van der Waals surface area contributed by atoms with Gasteiger partial charge in [-0.2, -0.15) is 0 Å². The van der Waals surface area contributed by atoms with Crippen molar-refractivity contribution in [3.8, 4) is 5.75 Å². The summed E-state index contributed by atoms with van der Waals surface area (Å²) in [7, 11) is 1.81. The number of nitrogens with zero attached hydrogens (tertiary/aromatic N) is 2. The first-order chi connectivity index (χ1) is 12.3. The molecule has 2 N–H and O–H groups in total. The van der Waals surface area contributed by atoms with Gasteiger partial charge >= 0.3 is 6.36 Å². The van der Waals surface area contributed by atoms with Crippen LogP contribution >= 0.6 is 0 Å². The topological polar surface area (TPSA) is 69.6 Å². The van der Waals surface area contributed by atoms with E-state index in [0.29, 0.717) is 16.8 Å². The molecule has 26 heavy (non-hydrogen) atoms. The van der Waals surface area contributed by atoms with Gasteiger partial charge in [-0.1, -0.05) is 6.07 Å². The van der Waals surface area contributed by atoms with Crippen molar-refractivity contribution in [2.75, 3.05) is 0 Å². The van der Waals surface area contributed by atoms with Crippen molar-refractivity contribution < 1.29 is 22.7 Å². The summed E-state index contributed by atoms with van der Waals surface area (Å²) < 4.78 is 42.2. The van der Waals surface area contributed by atoms with Crippen LogP contribution in [-0.2, 0) is 7.05 Å². The maximum absolute atomic E-state index is 12.2. The lowest BCUT2D eigenvalue weighted by molar-refractivity contribution is -0.274. The Morgan fingerprint density at radius 1 is 1.19 bits per heavy atom. The molecule has 0 atom stereocenters. The van der Waals surface area contributed by atoms with Crippen LogP contribution in [0.25, 0.3) is 10.9 Å². The summed E-state index contributed by atoms with van der Waals surface area (Å²) in [6.07, 6.45) is -2.23. The van der Waals surface area contributed by atoms with Gasteiger partial charge in [0.1, 0.15) is 17.9 Å². The van der Waals surface area contributed by atoms with Crippen LogP contribution in [0.4, 0.5) is 18.9 Å². The molecule has 134 valence electrons. The zero-order valence-electron chi connectivity index (χ0n) is 13.6. The molecular weight excluding hydrogens is 347 g/mol. The third-order valence-electron chi connectivity index (χ3n) is 3.75. The molecule has 5 nitrogen and oxygen atoms in total. The lowest BCUT2D eigenvalue weighted by Crippen LogP contribution is -2.17. The van der Waals surface area contributed by atoms with Crippen molar-refractivity contribution >= 4 is 28.7 Å². The van der Waals surface area contributed by atoms with E-state index in [1.165, 1.54) is 24.3 Å². The van der Waals surface area contributed by atoms with Crippen molar-refractivity contribution in [2.24, 2.45) is 17.8 Å². The monoisotopic (exact) mass is 361 g/mol. The normalized spacial score (nSPS) is 12.4. The fraction of sp³-hybridized carbons (Fsp3) is 0.111. The van der Waals surface area contributed by atoms with Crippen LogP contribution < -0.4 is 10.5 Å². The number of fused-ring (bicyclic) bond motifs is 1. The molecule has 1 aromatic heterocycles. The number of benzene rings is 2. The lowest BCUT2D eigenvalue weighted by Gasteiger charge is -2.09. The standard InChI is InChI=1S/C18H14F3N3O2/c1-24-9-15(14-7-2-11(10-25)8-16(14)24)23-17(22)12-3-5-13(6-4-12)26-18(19,20)21/h2-10H,1H3,(H2,22,23). The van der Waals surface area contributed by atoms with E-state index in [4.69, 9.17) is 5.73 Å². The van der Waals surface area contributed by atoms with Gasteiger partial charge in [0.05, 0.1) is 11.2 Å². The average Bonchev–Trinajstić information content (AvgIpc) is 2.89. The summed E-state index contributed by atoms with van der Waals surface area (Å²) in [5, 5.41) is 0.804. The Hall–Kier alpha value is -3.29. The van der Waals surface area contributed by atoms with Crippen molar-refractivity contribution in [1.82, 2.24) is 4.57 Å². The first-order valence-corrected chi connectivity index (χ1v) is 7.51. The Kier molecular flexibility index (Phi) is 4.41. The summed E-state index contributed by atoms with van der Waals surface area (Å²) in [6, 6.07) is 10.3. The summed E-state index contributed by atoms with van der Waals surface area (Å²) in [5.74, 6) is -0.184. The van der Waals surface area contributed by atoms with Gasteiger partial charge in [0.25, 0.3) is 0 Å². The van der Waals surface area contributed by atoms with Crippen molar-refractivity contribution in [2.45, 2.75) is 6.36 Å². The van der Waals surface area contributed by atoms with E-state index in [1.54, 1.807) is 24.4 Å². The second-order valence-corrected chi connectivity index (χ2v) is 5.59. The number of aliphatic imine (C=N–C) groups is 1. The summed E-state index contributed by atoms with van der Waals surface area (Å²) in [5.41, 5.74) is 8.39. The number of hydrogen-bond donors (Lipinski definition) is 1. The number of rotatable bonds is 4. The fourth-order valence-electron chi connectivity index (χ4n) is 2.56. The Morgan fingerprint density at radius 2 is 1.88 bits per heavy atom. The second kappa shape index (κ2) is 6.55. The molecule has 8 heteroatoms. The lowest BCUT2D eigenvalue weighted by atomic mass is 10.1. The van der Waals surface area contributed by atoms with E-state index in [1.807, 2.05) is 11.6 Å². The van der Waals surface area contributed by atoms with E-state index < -0.39 is 6.36 Å². The summed E-state index contributed by atoms with van der Waals surface area (Å²) in [4.78, 5) is 15.3. The number of hydrogen-bond acceptors (Lipinski definition) is 3. The molecule has 3 rings (SSSR count). The van der Waals surface area contributed by atoms with Crippen LogP contribution in [0, 0.1) is 0 Å².